The fourth-order valence-electron chi connectivity index (χ4n) is 1.97. The summed E-state index contributed by atoms with van der Waals surface area (Å²) < 4.78 is 37.6. The highest BCUT2D eigenvalue weighted by Crippen LogP contribution is 2.31. The first-order valence-electron chi connectivity index (χ1n) is 5.46. The summed E-state index contributed by atoms with van der Waals surface area (Å²) in [5.74, 6) is 0.401. The van der Waals surface area contributed by atoms with E-state index in [4.69, 9.17) is 0 Å². The number of hydrogen-bond donors (Lipinski definition) is 1. The highest BCUT2D eigenvalue weighted by atomic mass is 19.4. The number of pyridine rings is 1. The zero-order chi connectivity index (χ0) is 12.5. The molecule has 0 spiro atoms. The summed E-state index contributed by atoms with van der Waals surface area (Å²) in [5.41, 5.74) is -0.643. The van der Waals surface area contributed by atoms with Crippen LogP contribution in [0.5, 0.6) is 0 Å². The number of nitrogens with zero attached hydrogens (tertiary/aromatic N) is 2. The predicted octanol–water partition coefficient (Wildman–Crippen LogP) is 1.90. The van der Waals surface area contributed by atoms with Crippen LogP contribution in [0.25, 0.3) is 0 Å². The van der Waals surface area contributed by atoms with Gasteiger partial charge in [-0.2, -0.15) is 13.2 Å². The van der Waals surface area contributed by atoms with Crippen molar-refractivity contribution in [2.24, 2.45) is 0 Å². The van der Waals surface area contributed by atoms with Crippen molar-refractivity contribution in [3.8, 4) is 0 Å². The van der Waals surface area contributed by atoms with Crippen molar-refractivity contribution in [3.63, 3.8) is 0 Å². The normalized spacial score (nSPS) is 20.9. The SMILES string of the molecule is CNC1CCN(c2cc(C(F)(F)F)ccn2)C1. The Morgan fingerprint density at radius 3 is 2.82 bits per heavy atom. The van der Waals surface area contributed by atoms with Gasteiger partial charge in [0, 0.05) is 25.3 Å². The number of halogens is 3. The largest absolute Gasteiger partial charge is 0.416 e. The minimum Gasteiger partial charge on any atom is -0.355 e. The lowest BCUT2D eigenvalue weighted by Crippen LogP contribution is -2.30. The van der Waals surface area contributed by atoms with Crippen molar-refractivity contribution in [2.75, 3.05) is 25.0 Å². The first-order valence-corrected chi connectivity index (χ1v) is 5.46. The lowest BCUT2D eigenvalue weighted by Gasteiger charge is -2.18. The van der Waals surface area contributed by atoms with E-state index in [0.29, 0.717) is 18.4 Å². The van der Waals surface area contributed by atoms with Crippen LogP contribution in [0.4, 0.5) is 19.0 Å². The molecule has 1 aliphatic heterocycles. The second-order valence-corrected chi connectivity index (χ2v) is 4.12. The van der Waals surface area contributed by atoms with Crippen LogP contribution in [0.1, 0.15) is 12.0 Å². The molecule has 1 N–H and O–H groups in total. The molecule has 94 valence electrons. The van der Waals surface area contributed by atoms with Crippen molar-refractivity contribution in [1.29, 1.82) is 0 Å². The number of anilines is 1. The van der Waals surface area contributed by atoms with Crippen molar-refractivity contribution in [2.45, 2.75) is 18.6 Å². The zero-order valence-electron chi connectivity index (χ0n) is 9.46. The molecule has 1 atom stereocenters. The Labute approximate surface area is 97.6 Å². The van der Waals surface area contributed by atoms with E-state index in [1.807, 2.05) is 11.9 Å². The van der Waals surface area contributed by atoms with E-state index in [0.717, 1.165) is 25.1 Å². The molecule has 1 aliphatic rings. The molecule has 0 aliphatic carbocycles. The average Bonchev–Trinajstić information content (AvgIpc) is 2.76. The monoisotopic (exact) mass is 245 g/mol. The van der Waals surface area contributed by atoms with Crippen LogP contribution in [-0.2, 0) is 6.18 Å². The molecule has 6 heteroatoms. The molecule has 0 bridgehead atoms. The molecule has 0 radical (unpaired) electrons. The average molecular weight is 245 g/mol. The van der Waals surface area contributed by atoms with Gasteiger partial charge in [-0.05, 0) is 25.6 Å². The topological polar surface area (TPSA) is 28.2 Å². The van der Waals surface area contributed by atoms with E-state index in [1.54, 1.807) is 0 Å². The number of aromatic nitrogens is 1. The van der Waals surface area contributed by atoms with Crippen molar-refractivity contribution >= 4 is 5.82 Å². The fraction of sp³-hybridized carbons (Fsp3) is 0.545. The van der Waals surface area contributed by atoms with Crippen LogP contribution in [0, 0.1) is 0 Å². The molecule has 17 heavy (non-hydrogen) atoms. The zero-order valence-corrected chi connectivity index (χ0v) is 9.46. The van der Waals surface area contributed by atoms with E-state index < -0.39 is 11.7 Å². The third-order valence-corrected chi connectivity index (χ3v) is 2.99. The molecule has 1 aromatic heterocycles. The minimum absolute atomic E-state index is 0.325. The molecular formula is C11H14F3N3. The lowest BCUT2D eigenvalue weighted by atomic mass is 10.2. The number of nitrogens with one attached hydrogen (secondary N) is 1. The minimum atomic E-state index is -4.31. The highest BCUT2D eigenvalue weighted by molar-refractivity contribution is 5.43. The van der Waals surface area contributed by atoms with Gasteiger partial charge in [0.15, 0.2) is 0 Å². The molecule has 2 heterocycles. The van der Waals surface area contributed by atoms with E-state index in [2.05, 4.69) is 10.3 Å². The van der Waals surface area contributed by atoms with Gasteiger partial charge >= 0.3 is 6.18 Å². The van der Waals surface area contributed by atoms with E-state index in [-0.39, 0.29) is 0 Å². The van der Waals surface area contributed by atoms with Crippen molar-refractivity contribution in [3.05, 3.63) is 23.9 Å². The highest BCUT2D eigenvalue weighted by Gasteiger charge is 2.32. The standard InChI is InChI=1S/C11H14F3N3/c1-15-9-3-5-17(7-9)10-6-8(2-4-16-10)11(12,13)14/h2,4,6,9,15H,3,5,7H2,1H3. The number of hydrogen-bond acceptors (Lipinski definition) is 3. The Kier molecular flexibility index (Phi) is 3.24. The van der Waals surface area contributed by atoms with Gasteiger partial charge in [0.1, 0.15) is 5.82 Å². The maximum Gasteiger partial charge on any atom is 0.416 e. The molecule has 1 saturated heterocycles. The Morgan fingerprint density at radius 2 is 2.24 bits per heavy atom. The Bertz CT molecular complexity index is 392. The van der Waals surface area contributed by atoms with Crippen LogP contribution < -0.4 is 10.2 Å². The quantitative estimate of drug-likeness (QED) is 0.862. The Hall–Kier alpha value is -1.30. The van der Waals surface area contributed by atoms with Crippen LogP contribution >= 0.6 is 0 Å². The third-order valence-electron chi connectivity index (χ3n) is 2.99. The molecule has 1 unspecified atom stereocenters. The second kappa shape index (κ2) is 4.52. The fourth-order valence-corrected chi connectivity index (χ4v) is 1.97. The first-order chi connectivity index (χ1) is 8.00. The second-order valence-electron chi connectivity index (χ2n) is 4.12. The molecule has 1 fully saturated rings. The molecule has 2 rings (SSSR count). The van der Waals surface area contributed by atoms with E-state index >= 15 is 0 Å². The third kappa shape index (κ3) is 2.69. The summed E-state index contributed by atoms with van der Waals surface area (Å²) in [7, 11) is 1.85. The van der Waals surface area contributed by atoms with Gasteiger partial charge in [-0.3, -0.25) is 0 Å². The Morgan fingerprint density at radius 1 is 1.47 bits per heavy atom. The van der Waals surface area contributed by atoms with Gasteiger partial charge < -0.3 is 10.2 Å². The van der Waals surface area contributed by atoms with Gasteiger partial charge in [-0.25, -0.2) is 4.98 Å². The molecule has 0 aromatic carbocycles. The van der Waals surface area contributed by atoms with Gasteiger partial charge in [0.05, 0.1) is 5.56 Å². The molecular weight excluding hydrogens is 231 g/mol. The lowest BCUT2D eigenvalue weighted by molar-refractivity contribution is -0.137. The van der Waals surface area contributed by atoms with Crippen molar-refractivity contribution in [1.82, 2.24) is 10.3 Å². The first kappa shape index (κ1) is 12.2. The van der Waals surface area contributed by atoms with Gasteiger partial charge in [-0.1, -0.05) is 0 Å². The summed E-state index contributed by atoms with van der Waals surface area (Å²) in [6, 6.07) is 2.43. The molecule has 0 amide bonds. The van der Waals surface area contributed by atoms with Gasteiger partial charge in [0.25, 0.3) is 0 Å². The summed E-state index contributed by atoms with van der Waals surface area (Å²) >= 11 is 0. The Balaban J connectivity index is 2.17. The van der Waals surface area contributed by atoms with Crippen LogP contribution in [0.2, 0.25) is 0 Å². The van der Waals surface area contributed by atoms with Gasteiger partial charge in [-0.15, -0.1) is 0 Å². The number of rotatable bonds is 2. The number of likely N-dealkylation sites (N-methyl/N-ethyl adjacent to an activating group) is 1. The van der Waals surface area contributed by atoms with Crippen molar-refractivity contribution < 1.29 is 13.2 Å². The maximum atomic E-state index is 12.5. The number of alkyl halides is 3. The van der Waals surface area contributed by atoms with Crippen LogP contribution in [0.3, 0.4) is 0 Å². The maximum absolute atomic E-state index is 12.5. The van der Waals surface area contributed by atoms with Crippen LogP contribution in [-0.4, -0.2) is 31.2 Å². The molecule has 0 saturated carbocycles. The van der Waals surface area contributed by atoms with E-state index in [1.165, 1.54) is 6.20 Å². The summed E-state index contributed by atoms with van der Waals surface area (Å²) in [6.45, 7) is 1.44. The van der Waals surface area contributed by atoms with Gasteiger partial charge in [0.2, 0.25) is 0 Å². The molecule has 1 aromatic rings. The summed E-state index contributed by atoms with van der Waals surface area (Å²) in [5, 5.41) is 3.12. The summed E-state index contributed by atoms with van der Waals surface area (Å²) in [4.78, 5) is 5.87. The molecule has 3 nitrogen and oxygen atoms in total. The summed E-state index contributed by atoms with van der Waals surface area (Å²) in [6.07, 6.45) is -2.17. The van der Waals surface area contributed by atoms with Crippen LogP contribution in [0.15, 0.2) is 18.3 Å². The van der Waals surface area contributed by atoms with E-state index in [9.17, 15) is 13.2 Å². The smallest absolute Gasteiger partial charge is 0.355 e. The predicted molar refractivity (Wildman–Crippen MR) is 58.9 cm³/mol.